The molecule has 4 rings (SSSR count). The number of para-hydroxylation sites is 2. The number of halogens is 1. The Morgan fingerprint density at radius 2 is 1.70 bits per heavy atom. The molecule has 3 aromatic carbocycles. The Morgan fingerprint density at radius 3 is 2.45 bits per heavy atom. The number of hydrogen-bond donors (Lipinski definition) is 2. The van der Waals surface area contributed by atoms with Crippen molar-refractivity contribution in [3.63, 3.8) is 0 Å². The molecule has 33 heavy (non-hydrogen) atoms. The smallest absolute Gasteiger partial charge is 0.251 e. The summed E-state index contributed by atoms with van der Waals surface area (Å²) in [6, 6.07) is 22.8. The Kier molecular flexibility index (Phi) is 7.19. The van der Waals surface area contributed by atoms with Gasteiger partial charge in [-0.15, -0.1) is 0 Å². The normalized spacial score (nSPS) is 10.8. The topological polar surface area (TPSA) is 76.0 Å². The summed E-state index contributed by atoms with van der Waals surface area (Å²) in [6.45, 7) is 2.69. The summed E-state index contributed by atoms with van der Waals surface area (Å²) < 4.78 is 2.91. The maximum Gasteiger partial charge on any atom is 0.251 e. The van der Waals surface area contributed by atoms with Crippen molar-refractivity contribution in [1.82, 2.24) is 14.9 Å². The third kappa shape index (κ3) is 5.87. The van der Waals surface area contributed by atoms with Crippen molar-refractivity contribution in [3.8, 4) is 0 Å². The van der Waals surface area contributed by atoms with Gasteiger partial charge in [-0.2, -0.15) is 0 Å². The molecule has 6 nitrogen and oxygen atoms in total. The highest BCUT2D eigenvalue weighted by molar-refractivity contribution is 9.10. The van der Waals surface area contributed by atoms with Crippen LogP contribution in [0.1, 0.15) is 28.2 Å². The molecule has 1 heterocycles. The van der Waals surface area contributed by atoms with Crippen molar-refractivity contribution in [2.45, 2.75) is 26.3 Å². The highest BCUT2D eigenvalue weighted by Gasteiger charge is 2.14. The zero-order valence-corrected chi connectivity index (χ0v) is 19.9. The Morgan fingerprint density at radius 1 is 0.970 bits per heavy atom. The Labute approximate surface area is 201 Å². The van der Waals surface area contributed by atoms with Gasteiger partial charge in [-0.05, 0) is 61.9 Å². The largest absolute Gasteiger partial charge is 0.352 e. The lowest BCUT2D eigenvalue weighted by atomic mass is 10.1. The number of carbonyl (C=O) groups excluding carboxylic acids is 2. The minimum Gasteiger partial charge on any atom is -0.352 e. The molecule has 1 aromatic heterocycles. The molecule has 7 heteroatoms. The van der Waals surface area contributed by atoms with Gasteiger partial charge in [-0.3, -0.25) is 9.59 Å². The average molecular weight is 505 g/mol. The predicted octanol–water partition coefficient (Wildman–Crippen LogP) is 5.11. The van der Waals surface area contributed by atoms with Crippen molar-refractivity contribution in [2.24, 2.45) is 0 Å². The third-order valence-electron chi connectivity index (χ3n) is 5.34. The van der Waals surface area contributed by atoms with Crippen LogP contribution >= 0.6 is 15.9 Å². The van der Waals surface area contributed by atoms with Gasteiger partial charge in [0.2, 0.25) is 5.91 Å². The van der Waals surface area contributed by atoms with Crippen LogP contribution in [0.3, 0.4) is 0 Å². The second-order valence-electron chi connectivity index (χ2n) is 7.88. The summed E-state index contributed by atoms with van der Waals surface area (Å²) in [5.74, 6) is 0.624. The number of rotatable bonds is 8. The van der Waals surface area contributed by atoms with Crippen LogP contribution in [0.25, 0.3) is 11.0 Å². The molecule has 0 spiro atoms. The van der Waals surface area contributed by atoms with E-state index in [0.717, 1.165) is 39.0 Å². The second-order valence-corrected chi connectivity index (χ2v) is 8.80. The number of anilines is 1. The minimum atomic E-state index is -0.116. The Hall–Kier alpha value is -3.45. The third-order valence-corrected chi connectivity index (χ3v) is 5.87. The zero-order chi connectivity index (χ0) is 23.2. The lowest BCUT2D eigenvalue weighted by Crippen LogP contribution is -2.25. The molecular weight excluding hydrogens is 480 g/mol. The molecule has 2 amide bonds. The number of imidazole rings is 1. The number of carbonyl (C=O) groups is 2. The fourth-order valence-electron chi connectivity index (χ4n) is 3.63. The van der Waals surface area contributed by atoms with E-state index in [1.165, 1.54) is 0 Å². The van der Waals surface area contributed by atoms with Gasteiger partial charge in [0.15, 0.2) is 0 Å². The molecule has 4 aromatic rings. The number of benzene rings is 3. The van der Waals surface area contributed by atoms with E-state index in [4.69, 9.17) is 4.98 Å². The standard InChI is InChI=1S/C26H25BrN4O2/c1-18-8-10-19(11-9-18)26(33)28-16-4-7-24-30-22-5-2-3-6-23(22)31(24)17-25(32)29-21-14-12-20(27)13-15-21/h2-3,5-6,8-15H,4,7,16-17H2,1H3,(H,28,33)(H,29,32). The lowest BCUT2D eigenvalue weighted by molar-refractivity contribution is -0.116. The first-order chi connectivity index (χ1) is 16.0. The predicted molar refractivity (Wildman–Crippen MR) is 134 cm³/mol. The maximum atomic E-state index is 12.7. The van der Waals surface area contributed by atoms with Crippen LogP contribution in [0.5, 0.6) is 0 Å². The number of aromatic nitrogens is 2. The number of nitrogens with one attached hydrogen (secondary N) is 2. The molecule has 0 bridgehead atoms. The van der Waals surface area contributed by atoms with Crippen LogP contribution in [-0.4, -0.2) is 27.9 Å². The zero-order valence-electron chi connectivity index (χ0n) is 18.3. The van der Waals surface area contributed by atoms with Crippen molar-refractivity contribution in [3.05, 3.63) is 94.2 Å². The van der Waals surface area contributed by atoms with Crippen LogP contribution < -0.4 is 10.6 Å². The highest BCUT2D eigenvalue weighted by Crippen LogP contribution is 2.18. The number of amides is 2. The van der Waals surface area contributed by atoms with Crippen molar-refractivity contribution < 1.29 is 9.59 Å². The molecule has 168 valence electrons. The fourth-order valence-corrected chi connectivity index (χ4v) is 3.89. The Bertz CT molecular complexity index is 1260. The monoisotopic (exact) mass is 504 g/mol. The van der Waals surface area contributed by atoms with E-state index >= 15 is 0 Å². The highest BCUT2D eigenvalue weighted by atomic mass is 79.9. The summed E-state index contributed by atoms with van der Waals surface area (Å²) in [4.78, 5) is 29.8. The minimum absolute atomic E-state index is 0.0858. The summed E-state index contributed by atoms with van der Waals surface area (Å²) >= 11 is 3.40. The van der Waals surface area contributed by atoms with Crippen LogP contribution in [-0.2, 0) is 17.8 Å². The van der Waals surface area contributed by atoms with Gasteiger partial charge in [-0.25, -0.2) is 4.98 Å². The number of nitrogens with zero attached hydrogens (tertiary/aromatic N) is 2. The number of fused-ring (bicyclic) bond motifs is 1. The van der Waals surface area contributed by atoms with E-state index in [9.17, 15) is 9.59 Å². The summed E-state index contributed by atoms with van der Waals surface area (Å²) in [7, 11) is 0. The van der Waals surface area contributed by atoms with E-state index in [1.807, 2.05) is 84.3 Å². The molecule has 2 N–H and O–H groups in total. The van der Waals surface area contributed by atoms with E-state index < -0.39 is 0 Å². The van der Waals surface area contributed by atoms with Crippen molar-refractivity contribution >= 4 is 44.5 Å². The van der Waals surface area contributed by atoms with E-state index in [0.29, 0.717) is 18.5 Å². The number of aryl methyl sites for hydroxylation is 2. The molecule has 0 aliphatic rings. The first kappa shape index (κ1) is 22.7. The molecule has 0 saturated carbocycles. The van der Waals surface area contributed by atoms with Crippen molar-refractivity contribution in [2.75, 3.05) is 11.9 Å². The first-order valence-electron chi connectivity index (χ1n) is 10.8. The van der Waals surface area contributed by atoms with Crippen LogP contribution in [0.2, 0.25) is 0 Å². The number of hydrogen-bond acceptors (Lipinski definition) is 3. The summed E-state index contributed by atoms with van der Waals surface area (Å²) in [5, 5.41) is 5.90. The Balaban J connectivity index is 1.40. The van der Waals surface area contributed by atoms with Gasteiger partial charge in [0, 0.05) is 28.7 Å². The van der Waals surface area contributed by atoms with E-state index in [2.05, 4.69) is 26.6 Å². The maximum absolute atomic E-state index is 12.7. The van der Waals surface area contributed by atoms with Crippen LogP contribution in [0.15, 0.2) is 77.3 Å². The molecular formula is C26H25BrN4O2. The van der Waals surface area contributed by atoms with Crippen LogP contribution in [0.4, 0.5) is 5.69 Å². The summed E-state index contributed by atoms with van der Waals surface area (Å²) in [5.41, 5.74) is 4.29. The average Bonchev–Trinajstić information content (AvgIpc) is 3.15. The molecule has 0 atom stereocenters. The fraction of sp³-hybridized carbons (Fsp3) is 0.192. The summed E-state index contributed by atoms with van der Waals surface area (Å²) in [6.07, 6.45) is 1.36. The first-order valence-corrected chi connectivity index (χ1v) is 11.6. The lowest BCUT2D eigenvalue weighted by Gasteiger charge is -2.11. The molecule has 0 unspecified atom stereocenters. The SMILES string of the molecule is Cc1ccc(C(=O)NCCCc2nc3ccccc3n2CC(=O)Nc2ccc(Br)cc2)cc1. The molecule has 0 radical (unpaired) electrons. The van der Waals surface area contributed by atoms with Crippen LogP contribution in [0, 0.1) is 6.92 Å². The quantitative estimate of drug-likeness (QED) is 0.327. The van der Waals surface area contributed by atoms with Crippen molar-refractivity contribution in [1.29, 1.82) is 0 Å². The van der Waals surface area contributed by atoms with Gasteiger partial charge < -0.3 is 15.2 Å². The van der Waals surface area contributed by atoms with Gasteiger partial charge in [0.1, 0.15) is 12.4 Å². The van der Waals surface area contributed by atoms with Gasteiger partial charge in [0.25, 0.3) is 5.91 Å². The molecule has 0 fully saturated rings. The van der Waals surface area contributed by atoms with Gasteiger partial charge in [-0.1, -0.05) is 45.8 Å². The molecule has 0 aliphatic carbocycles. The second kappa shape index (κ2) is 10.4. The van der Waals surface area contributed by atoms with Gasteiger partial charge >= 0.3 is 0 Å². The van der Waals surface area contributed by atoms with Gasteiger partial charge in [0.05, 0.1) is 11.0 Å². The molecule has 0 saturated heterocycles. The molecule has 0 aliphatic heterocycles. The van der Waals surface area contributed by atoms with E-state index in [1.54, 1.807) is 0 Å². The van der Waals surface area contributed by atoms with E-state index in [-0.39, 0.29) is 18.4 Å².